The van der Waals surface area contributed by atoms with E-state index in [1.807, 2.05) is 0 Å². The summed E-state index contributed by atoms with van der Waals surface area (Å²) in [5.41, 5.74) is 0. The van der Waals surface area contributed by atoms with Crippen LogP contribution in [-0.4, -0.2) is 18.0 Å². The lowest BCUT2D eigenvalue weighted by atomic mass is 9.95. The maximum atomic E-state index is 2.61. The summed E-state index contributed by atoms with van der Waals surface area (Å²) < 4.78 is 0. The third-order valence-electron chi connectivity index (χ3n) is 2.98. The van der Waals surface area contributed by atoms with Crippen LogP contribution in [0.25, 0.3) is 0 Å². The molecule has 0 N–H and O–H groups in total. The fourth-order valence-corrected chi connectivity index (χ4v) is 2.28. The van der Waals surface area contributed by atoms with E-state index in [4.69, 9.17) is 0 Å². The first-order valence-electron chi connectivity index (χ1n) is 4.50. The predicted molar refractivity (Wildman–Crippen MR) is 42.4 cm³/mol. The molecular weight excluding hydrogens is 122 g/mol. The van der Waals surface area contributed by atoms with Crippen molar-refractivity contribution in [2.45, 2.75) is 32.6 Å². The molecule has 10 heavy (non-hydrogen) atoms. The van der Waals surface area contributed by atoms with Gasteiger partial charge >= 0.3 is 0 Å². The largest absolute Gasteiger partial charge is 0.296 e. The summed E-state index contributed by atoms with van der Waals surface area (Å²) in [4.78, 5) is 2.61. The molecule has 0 spiro atoms. The van der Waals surface area contributed by atoms with E-state index in [1.54, 1.807) is 6.04 Å². The van der Waals surface area contributed by atoms with E-state index >= 15 is 0 Å². The van der Waals surface area contributed by atoms with Crippen LogP contribution in [0.5, 0.6) is 0 Å². The molecule has 2 fully saturated rings. The topological polar surface area (TPSA) is 3.24 Å². The Hall–Kier alpha value is -0.0400. The quantitative estimate of drug-likeness (QED) is 0.536. The molecule has 2 heterocycles. The molecule has 2 rings (SSSR count). The van der Waals surface area contributed by atoms with E-state index < -0.39 is 0 Å². The van der Waals surface area contributed by atoms with E-state index in [2.05, 4.69) is 11.8 Å². The van der Waals surface area contributed by atoms with Gasteiger partial charge in [0.15, 0.2) is 0 Å². The van der Waals surface area contributed by atoms with Gasteiger partial charge in [0.1, 0.15) is 0 Å². The van der Waals surface area contributed by atoms with Crippen LogP contribution in [-0.2, 0) is 0 Å². The molecule has 2 unspecified atom stereocenters. The van der Waals surface area contributed by atoms with Gasteiger partial charge in [0.25, 0.3) is 0 Å². The number of piperidine rings is 1. The van der Waals surface area contributed by atoms with Gasteiger partial charge in [-0.2, -0.15) is 0 Å². The summed E-state index contributed by atoms with van der Waals surface area (Å²) in [5, 5.41) is 0. The van der Waals surface area contributed by atoms with Crippen LogP contribution in [0.2, 0.25) is 0 Å². The summed E-state index contributed by atoms with van der Waals surface area (Å²) in [5.74, 6) is 1.05. The average molecular weight is 138 g/mol. The van der Waals surface area contributed by atoms with Crippen molar-refractivity contribution in [1.29, 1.82) is 0 Å². The van der Waals surface area contributed by atoms with E-state index in [9.17, 15) is 0 Å². The summed E-state index contributed by atoms with van der Waals surface area (Å²) in [6.07, 6.45) is 5.61. The Kier molecular flexibility index (Phi) is 1.69. The second-order valence-corrected chi connectivity index (χ2v) is 3.56. The van der Waals surface area contributed by atoms with Crippen molar-refractivity contribution in [3.05, 3.63) is 6.04 Å². The SMILES string of the molecule is CC[C]1CCC2CCN1C2. The number of fused-ring (bicyclic) bond motifs is 2. The van der Waals surface area contributed by atoms with E-state index in [1.165, 1.54) is 38.8 Å². The van der Waals surface area contributed by atoms with Crippen LogP contribution < -0.4 is 0 Å². The molecule has 2 atom stereocenters. The molecule has 1 heteroatoms. The van der Waals surface area contributed by atoms with Crippen molar-refractivity contribution >= 4 is 0 Å². The van der Waals surface area contributed by atoms with Crippen LogP contribution in [0.4, 0.5) is 0 Å². The molecule has 57 valence electrons. The highest BCUT2D eigenvalue weighted by Crippen LogP contribution is 2.35. The fraction of sp³-hybridized carbons (Fsp3) is 0.889. The first-order chi connectivity index (χ1) is 4.90. The normalized spacial score (nSPS) is 40.5. The highest BCUT2D eigenvalue weighted by molar-refractivity contribution is 4.98. The molecule has 0 aliphatic carbocycles. The molecule has 2 saturated heterocycles. The minimum absolute atomic E-state index is 1.05. The van der Waals surface area contributed by atoms with E-state index in [0.29, 0.717) is 0 Å². The van der Waals surface area contributed by atoms with Gasteiger partial charge in [-0.3, -0.25) is 4.90 Å². The van der Waals surface area contributed by atoms with Gasteiger partial charge in [-0.25, -0.2) is 0 Å². The second kappa shape index (κ2) is 2.54. The number of hydrogen-bond donors (Lipinski definition) is 0. The summed E-state index contributed by atoms with van der Waals surface area (Å²) in [6.45, 7) is 5.02. The highest BCUT2D eigenvalue weighted by atomic mass is 15.2. The predicted octanol–water partition coefficient (Wildman–Crippen LogP) is 2.04. The third kappa shape index (κ3) is 0.968. The van der Waals surface area contributed by atoms with Crippen LogP contribution in [0, 0.1) is 12.0 Å². The monoisotopic (exact) mass is 138 g/mol. The molecule has 0 amide bonds. The number of hydrogen-bond acceptors (Lipinski definition) is 1. The van der Waals surface area contributed by atoms with Crippen LogP contribution in [0.15, 0.2) is 0 Å². The van der Waals surface area contributed by atoms with Gasteiger partial charge in [0.2, 0.25) is 0 Å². The molecule has 0 aromatic rings. The molecule has 2 aliphatic heterocycles. The standard InChI is InChI=1S/C9H16N/c1-2-9-4-3-8-5-6-10(9)7-8/h8H,2-7H2,1H3. The molecule has 2 bridgehead atoms. The van der Waals surface area contributed by atoms with Gasteiger partial charge in [-0.1, -0.05) is 6.92 Å². The van der Waals surface area contributed by atoms with Gasteiger partial charge in [0.05, 0.1) is 0 Å². The lowest BCUT2D eigenvalue weighted by Gasteiger charge is -2.30. The zero-order valence-corrected chi connectivity index (χ0v) is 6.77. The van der Waals surface area contributed by atoms with Gasteiger partial charge < -0.3 is 0 Å². The summed E-state index contributed by atoms with van der Waals surface area (Å²) in [6, 6.07) is 1.72. The minimum Gasteiger partial charge on any atom is -0.296 e. The Labute approximate surface area is 63.4 Å². The van der Waals surface area contributed by atoms with Crippen LogP contribution >= 0.6 is 0 Å². The van der Waals surface area contributed by atoms with Crippen molar-refractivity contribution in [3.8, 4) is 0 Å². The Morgan fingerprint density at radius 2 is 2.40 bits per heavy atom. The van der Waals surface area contributed by atoms with E-state index in [-0.39, 0.29) is 0 Å². The average Bonchev–Trinajstić information content (AvgIpc) is 2.34. The first-order valence-corrected chi connectivity index (χ1v) is 4.50. The summed E-state index contributed by atoms with van der Waals surface area (Å²) >= 11 is 0. The lowest BCUT2D eigenvalue weighted by Crippen LogP contribution is -2.29. The molecule has 0 aromatic carbocycles. The molecule has 0 aromatic heterocycles. The van der Waals surface area contributed by atoms with Crippen molar-refractivity contribution in [2.75, 3.05) is 13.1 Å². The summed E-state index contributed by atoms with van der Waals surface area (Å²) in [7, 11) is 0. The molecular formula is C9H16N. The van der Waals surface area contributed by atoms with Gasteiger partial charge in [-0.05, 0) is 38.1 Å². The van der Waals surface area contributed by atoms with Crippen molar-refractivity contribution < 1.29 is 0 Å². The Balaban J connectivity index is 2.00. The van der Waals surface area contributed by atoms with Crippen molar-refractivity contribution in [2.24, 2.45) is 5.92 Å². The molecule has 2 aliphatic rings. The molecule has 1 radical (unpaired) electrons. The third-order valence-corrected chi connectivity index (χ3v) is 2.98. The number of rotatable bonds is 1. The second-order valence-electron chi connectivity index (χ2n) is 3.56. The first kappa shape index (κ1) is 6.66. The van der Waals surface area contributed by atoms with E-state index in [0.717, 1.165) is 5.92 Å². The highest BCUT2D eigenvalue weighted by Gasteiger charge is 2.32. The Bertz CT molecular complexity index is 122. The van der Waals surface area contributed by atoms with Crippen molar-refractivity contribution in [1.82, 2.24) is 4.90 Å². The zero-order chi connectivity index (χ0) is 6.97. The molecule has 0 saturated carbocycles. The van der Waals surface area contributed by atoms with Crippen LogP contribution in [0.1, 0.15) is 32.6 Å². The zero-order valence-electron chi connectivity index (χ0n) is 6.77. The van der Waals surface area contributed by atoms with Gasteiger partial charge in [0, 0.05) is 12.6 Å². The minimum atomic E-state index is 1.05. The smallest absolute Gasteiger partial charge is 0.0390 e. The Morgan fingerprint density at radius 3 is 3.20 bits per heavy atom. The lowest BCUT2D eigenvalue weighted by molar-refractivity contribution is 0.261. The molecule has 1 nitrogen and oxygen atoms in total. The number of nitrogens with zero attached hydrogens (tertiary/aromatic N) is 1. The van der Waals surface area contributed by atoms with Gasteiger partial charge in [-0.15, -0.1) is 0 Å². The maximum Gasteiger partial charge on any atom is 0.0390 e. The van der Waals surface area contributed by atoms with Crippen LogP contribution in [0.3, 0.4) is 0 Å². The Morgan fingerprint density at radius 1 is 1.50 bits per heavy atom. The fourth-order valence-electron chi connectivity index (χ4n) is 2.28. The van der Waals surface area contributed by atoms with Crippen molar-refractivity contribution in [3.63, 3.8) is 0 Å². The maximum absolute atomic E-state index is 2.61.